The first-order chi connectivity index (χ1) is 12.8. The minimum absolute atomic E-state index is 0.175. The zero-order valence-corrected chi connectivity index (χ0v) is 15.3. The monoisotopic (exact) mass is 398 g/mol. The van der Waals surface area contributed by atoms with Crippen molar-refractivity contribution in [2.75, 3.05) is 13.1 Å². The lowest BCUT2D eigenvalue weighted by Gasteiger charge is -2.26. The van der Waals surface area contributed by atoms with Gasteiger partial charge >= 0.3 is 6.18 Å². The number of nitrogens with zero attached hydrogens (tertiary/aromatic N) is 2. The van der Waals surface area contributed by atoms with Crippen LogP contribution in [-0.2, 0) is 16.5 Å². The van der Waals surface area contributed by atoms with Crippen LogP contribution in [0.4, 0.5) is 13.2 Å². The van der Waals surface area contributed by atoms with Gasteiger partial charge in [0, 0.05) is 18.5 Å². The number of rotatable bonds is 3. The number of benzene rings is 1. The molecule has 0 spiro atoms. The van der Waals surface area contributed by atoms with Crippen molar-refractivity contribution in [1.82, 2.24) is 15.5 Å². The van der Waals surface area contributed by atoms with E-state index < -0.39 is 40.2 Å². The highest BCUT2D eigenvalue weighted by Crippen LogP contribution is 2.55. The maximum atomic E-state index is 13.2. The Morgan fingerprint density at radius 2 is 1.89 bits per heavy atom. The number of fused-ring (bicyclic) bond motifs is 2. The maximum absolute atomic E-state index is 13.2. The van der Waals surface area contributed by atoms with Crippen LogP contribution >= 0.6 is 0 Å². The third-order valence-corrected chi connectivity index (χ3v) is 5.84. The Morgan fingerprint density at radius 1 is 1.29 bits per heavy atom. The van der Waals surface area contributed by atoms with E-state index in [4.69, 9.17) is 21.8 Å². The van der Waals surface area contributed by atoms with E-state index in [-0.39, 0.29) is 29.8 Å². The first-order valence-corrected chi connectivity index (χ1v) is 8.67. The van der Waals surface area contributed by atoms with Gasteiger partial charge in [0.25, 0.3) is 0 Å². The molecule has 1 aromatic heterocycles. The summed E-state index contributed by atoms with van der Waals surface area (Å²) < 4.78 is 44.6. The van der Waals surface area contributed by atoms with Crippen LogP contribution in [0.2, 0.25) is 0 Å². The zero-order chi connectivity index (χ0) is 20.7. The van der Waals surface area contributed by atoms with Gasteiger partial charge < -0.3 is 21.3 Å². The molecule has 2 heterocycles. The number of para-hydroxylation sites is 1. The number of amides is 1. The average Bonchev–Trinajstić information content (AvgIpc) is 2.86. The topological polar surface area (TPSA) is 136 Å². The molecule has 8 nitrogen and oxygen atoms in total. The van der Waals surface area contributed by atoms with Crippen molar-refractivity contribution in [1.29, 1.82) is 0 Å². The highest BCUT2D eigenvalue weighted by Gasteiger charge is 2.79. The molecule has 0 bridgehead atoms. The van der Waals surface area contributed by atoms with Gasteiger partial charge in [0.1, 0.15) is 11.3 Å². The maximum Gasteiger partial charge on any atom is 0.420 e. The highest BCUT2D eigenvalue weighted by molar-refractivity contribution is 5.90. The summed E-state index contributed by atoms with van der Waals surface area (Å²) in [5.41, 5.74) is 8.41. The van der Waals surface area contributed by atoms with Crippen LogP contribution in [0.1, 0.15) is 25.1 Å². The van der Waals surface area contributed by atoms with Crippen molar-refractivity contribution in [3.63, 3.8) is 0 Å². The average molecular weight is 398 g/mol. The predicted octanol–water partition coefficient (Wildman–Crippen LogP) is 0.412. The molecule has 11 heteroatoms. The van der Waals surface area contributed by atoms with Crippen molar-refractivity contribution in [3.8, 4) is 0 Å². The minimum Gasteiger partial charge on any atom is -0.355 e. The lowest BCUT2D eigenvalue weighted by molar-refractivity contribution is -0.137. The highest BCUT2D eigenvalue weighted by atomic mass is 19.4. The number of halogens is 3. The first kappa shape index (κ1) is 19.1. The van der Waals surface area contributed by atoms with E-state index in [2.05, 4.69) is 10.5 Å². The van der Waals surface area contributed by atoms with Gasteiger partial charge in [-0.25, -0.2) is 5.01 Å². The number of carbonyl (C=O) groups is 1. The third-order valence-electron chi connectivity index (χ3n) is 5.84. The van der Waals surface area contributed by atoms with Gasteiger partial charge in [0.05, 0.1) is 22.5 Å². The van der Waals surface area contributed by atoms with E-state index >= 15 is 0 Å². The molecule has 1 saturated heterocycles. The molecule has 1 aliphatic carbocycles. The second-order valence-corrected chi connectivity index (χ2v) is 8.24. The largest absolute Gasteiger partial charge is 0.420 e. The fourth-order valence-electron chi connectivity index (χ4n) is 4.40. The van der Waals surface area contributed by atoms with Gasteiger partial charge in [-0.2, -0.15) is 13.2 Å². The van der Waals surface area contributed by atoms with Crippen LogP contribution in [0.15, 0.2) is 22.7 Å². The first-order valence-electron chi connectivity index (χ1n) is 8.67. The summed E-state index contributed by atoms with van der Waals surface area (Å²) in [5.74, 6) is 4.68. The summed E-state index contributed by atoms with van der Waals surface area (Å²) in [6.07, 6.45) is -4.58. The van der Waals surface area contributed by atoms with E-state index in [9.17, 15) is 18.0 Å². The quantitative estimate of drug-likeness (QED) is 0.550. The van der Waals surface area contributed by atoms with E-state index in [0.29, 0.717) is 0 Å². The standard InChI is InChI=1S/C17H21F3N6O2/c1-14(2,24-13(27)11-15(21)6-26(23)7-16(11,15)22)12-8-4-3-5-9(17(18,19)20)10(8)28-25-12/h3-5,11H,6-7,21-23H2,1-2H3,(H,24,27)/t11-,15+,16-. The number of nitrogens with one attached hydrogen (secondary N) is 1. The Labute approximate surface area is 158 Å². The van der Waals surface area contributed by atoms with Crippen LogP contribution in [0.25, 0.3) is 11.0 Å². The summed E-state index contributed by atoms with van der Waals surface area (Å²) in [4.78, 5) is 12.8. The fourth-order valence-corrected chi connectivity index (χ4v) is 4.40. The molecule has 7 N–H and O–H groups in total. The Kier molecular flexibility index (Phi) is 3.71. The van der Waals surface area contributed by atoms with E-state index in [0.717, 1.165) is 6.07 Å². The van der Waals surface area contributed by atoms with E-state index in [1.807, 2.05) is 0 Å². The van der Waals surface area contributed by atoms with Crippen molar-refractivity contribution in [2.45, 2.75) is 36.6 Å². The number of hydrogen-bond donors (Lipinski definition) is 4. The third kappa shape index (κ3) is 2.47. The molecule has 0 radical (unpaired) electrons. The van der Waals surface area contributed by atoms with Gasteiger partial charge in [-0.15, -0.1) is 0 Å². The second kappa shape index (κ2) is 5.44. The number of aromatic nitrogens is 1. The Morgan fingerprint density at radius 3 is 2.46 bits per heavy atom. The van der Waals surface area contributed by atoms with E-state index in [1.165, 1.54) is 17.1 Å². The molecule has 2 fully saturated rings. The number of nitrogens with two attached hydrogens (primary N) is 3. The van der Waals surface area contributed by atoms with Crippen LogP contribution < -0.4 is 22.6 Å². The number of alkyl halides is 3. The van der Waals surface area contributed by atoms with Crippen LogP contribution in [0.3, 0.4) is 0 Å². The minimum atomic E-state index is -4.58. The normalized spacial score (nSPS) is 30.5. The molecule has 4 rings (SSSR count). The summed E-state index contributed by atoms with van der Waals surface area (Å²) in [6.45, 7) is 3.82. The van der Waals surface area contributed by atoms with Gasteiger partial charge in [0.15, 0.2) is 5.58 Å². The van der Waals surface area contributed by atoms with Crippen molar-refractivity contribution >= 4 is 16.9 Å². The molecular weight excluding hydrogens is 377 g/mol. The molecule has 152 valence electrons. The molecule has 2 aliphatic rings. The van der Waals surface area contributed by atoms with Crippen molar-refractivity contribution in [3.05, 3.63) is 29.5 Å². The lowest BCUT2D eigenvalue weighted by Crippen LogP contribution is -2.48. The summed E-state index contributed by atoms with van der Waals surface area (Å²) in [7, 11) is 0. The number of carbonyl (C=O) groups excluding carboxylic acids is 1. The molecule has 1 aromatic carbocycles. The molecule has 1 saturated carbocycles. The van der Waals surface area contributed by atoms with E-state index in [1.54, 1.807) is 13.8 Å². The molecule has 2 aromatic rings. The Balaban J connectivity index is 1.63. The smallest absolute Gasteiger partial charge is 0.355 e. The fraction of sp³-hybridized carbons (Fsp3) is 0.529. The molecule has 28 heavy (non-hydrogen) atoms. The van der Waals surface area contributed by atoms with Crippen LogP contribution in [-0.4, -0.2) is 40.2 Å². The van der Waals surface area contributed by atoms with Crippen molar-refractivity contribution < 1.29 is 22.5 Å². The van der Waals surface area contributed by atoms with Gasteiger partial charge in [-0.1, -0.05) is 11.2 Å². The predicted molar refractivity (Wildman–Crippen MR) is 93.3 cm³/mol. The molecule has 3 atom stereocenters. The van der Waals surface area contributed by atoms with Gasteiger partial charge in [0.2, 0.25) is 5.91 Å². The number of hydrogen-bond acceptors (Lipinski definition) is 7. The SMILES string of the molecule is CC(C)(NC(=O)[C@H]1[C@]2(N)CN(N)C[C@]12N)c1noc2c(C(F)(F)F)cccc12. The zero-order valence-electron chi connectivity index (χ0n) is 15.3. The summed E-state index contributed by atoms with van der Waals surface area (Å²) in [5, 5.41) is 8.26. The van der Waals surface area contributed by atoms with Gasteiger partial charge in [-0.05, 0) is 26.0 Å². The lowest BCUT2D eigenvalue weighted by atomic mass is 9.95. The number of piperidine rings is 1. The summed E-state index contributed by atoms with van der Waals surface area (Å²) >= 11 is 0. The van der Waals surface area contributed by atoms with Gasteiger partial charge in [-0.3, -0.25) is 10.6 Å². The molecular formula is C17H21F3N6O2. The number of hydrazine groups is 1. The molecule has 1 aliphatic heterocycles. The van der Waals surface area contributed by atoms with Crippen LogP contribution in [0, 0.1) is 5.92 Å². The van der Waals surface area contributed by atoms with Crippen molar-refractivity contribution in [2.24, 2.45) is 23.2 Å². The Bertz CT molecular complexity index is 955. The molecule has 1 amide bonds. The van der Waals surface area contributed by atoms with Crippen LogP contribution in [0.5, 0.6) is 0 Å². The summed E-state index contributed by atoms with van der Waals surface area (Å²) in [6, 6.07) is 3.66. The second-order valence-electron chi connectivity index (χ2n) is 8.24. The Hall–Kier alpha value is -2.21. The molecule has 0 unspecified atom stereocenters.